The molecule has 1 N–H and O–H groups in total. The molecule has 0 fully saturated rings. The zero-order chi connectivity index (χ0) is 19.8. The van der Waals surface area contributed by atoms with E-state index in [1.165, 1.54) is 0 Å². The van der Waals surface area contributed by atoms with E-state index < -0.39 is 0 Å². The summed E-state index contributed by atoms with van der Waals surface area (Å²) in [5.41, 5.74) is 3.40. The van der Waals surface area contributed by atoms with E-state index in [4.69, 9.17) is 4.74 Å². The molecule has 3 heteroatoms. The van der Waals surface area contributed by atoms with Crippen LogP contribution in [0.2, 0.25) is 0 Å². The first-order chi connectivity index (χ1) is 13.7. The van der Waals surface area contributed by atoms with Gasteiger partial charge >= 0.3 is 0 Å². The highest BCUT2D eigenvalue weighted by atomic mass is 16.5. The maximum atomic E-state index is 12.9. The molecule has 0 bridgehead atoms. The van der Waals surface area contributed by atoms with E-state index in [1.54, 1.807) is 7.11 Å². The quantitative estimate of drug-likeness (QED) is 0.567. The molecule has 1 atom stereocenters. The van der Waals surface area contributed by atoms with E-state index >= 15 is 0 Å². The zero-order valence-corrected chi connectivity index (χ0v) is 16.5. The Morgan fingerprint density at radius 2 is 1.36 bits per heavy atom. The summed E-state index contributed by atoms with van der Waals surface area (Å²) in [6.07, 6.45) is 1.25. The number of methoxy groups -OCH3 is 1. The average Bonchev–Trinajstić information content (AvgIpc) is 2.77. The van der Waals surface area contributed by atoms with Gasteiger partial charge in [0.1, 0.15) is 5.75 Å². The summed E-state index contributed by atoms with van der Waals surface area (Å²) in [7, 11) is 1.65. The molecule has 0 aliphatic carbocycles. The minimum atomic E-state index is -0.00870. The highest BCUT2D eigenvalue weighted by Crippen LogP contribution is 2.28. The standard InChI is InChI=1S/C25H27NO2/c1-3-24(21-14-16-22(28-2)17-15-21)26-25(27)18-23(19-10-6-4-7-11-19)20-12-8-5-9-13-20/h4-17,23-24H,3,18H2,1-2H3,(H,26,27)/t24-/m0/s1. The molecule has 28 heavy (non-hydrogen) atoms. The first kappa shape index (κ1) is 19.7. The number of carbonyl (C=O) groups excluding carboxylic acids is 1. The van der Waals surface area contributed by atoms with E-state index in [9.17, 15) is 4.79 Å². The van der Waals surface area contributed by atoms with E-state index in [1.807, 2.05) is 60.7 Å². The van der Waals surface area contributed by atoms with Crippen molar-refractivity contribution in [2.45, 2.75) is 31.7 Å². The SMILES string of the molecule is CC[C@H](NC(=O)CC(c1ccccc1)c1ccccc1)c1ccc(OC)cc1. The van der Waals surface area contributed by atoms with Crippen LogP contribution in [0.15, 0.2) is 84.9 Å². The maximum Gasteiger partial charge on any atom is 0.221 e. The Labute approximate surface area is 167 Å². The lowest BCUT2D eigenvalue weighted by molar-refractivity contribution is -0.122. The van der Waals surface area contributed by atoms with Crippen molar-refractivity contribution in [1.29, 1.82) is 0 Å². The number of rotatable bonds is 8. The fourth-order valence-corrected chi connectivity index (χ4v) is 3.49. The van der Waals surface area contributed by atoms with Crippen LogP contribution in [-0.4, -0.2) is 13.0 Å². The van der Waals surface area contributed by atoms with Crippen LogP contribution >= 0.6 is 0 Å². The smallest absolute Gasteiger partial charge is 0.221 e. The summed E-state index contributed by atoms with van der Waals surface area (Å²) in [5, 5.41) is 3.21. The Morgan fingerprint density at radius 3 is 1.82 bits per heavy atom. The summed E-state index contributed by atoms with van der Waals surface area (Å²) in [4.78, 5) is 12.9. The molecule has 3 rings (SSSR count). The molecule has 0 aromatic heterocycles. The van der Waals surface area contributed by atoms with Gasteiger partial charge in [-0.1, -0.05) is 79.7 Å². The van der Waals surface area contributed by atoms with E-state index in [0.29, 0.717) is 6.42 Å². The third kappa shape index (κ3) is 5.01. The van der Waals surface area contributed by atoms with Gasteiger partial charge in [0, 0.05) is 12.3 Å². The topological polar surface area (TPSA) is 38.3 Å². The normalized spacial score (nSPS) is 11.8. The van der Waals surface area contributed by atoms with Gasteiger partial charge in [0.05, 0.1) is 13.2 Å². The monoisotopic (exact) mass is 373 g/mol. The Morgan fingerprint density at radius 1 is 0.821 bits per heavy atom. The van der Waals surface area contributed by atoms with Gasteiger partial charge in [-0.05, 0) is 35.2 Å². The molecule has 0 saturated carbocycles. The molecule has 144 valence electrons. The molecule has 0 aliphatic heterocycles. The highest BCUT2D eigenvalue weighted by molar-refractivity contribution is 5.78. The fourth-order valence-electron chi connectivity index (χ4n) is 3.49. The Bertz CT molecular complexity index is 821. The van der Waals surface area contributed by atoms with Crippen molar-refractivity contribution in [2.75, 3.05) is 7.11 Å². The lowest BCUT2D eigenvalue weighted by Crippen LogP contribution is -2.29. The largest absolute Gasteiger partial charge is 0.497 e. The molecule has 3 aromatic carbocycles. The molecular formula is C25H27NO2. The first-order valence-corrected chi connectivity index (χ1v) is 9.74. The Balaban J connectivity index is 1.75. The molecule has 0 radical (unpaired) electrons. The van der Waals surface area contributed by atoms with Crippen molar-refractivity contribution in [3.63, 3.8) is 0 Å². The fraction of sp³-hybridized carbons (Fsp3) is 0.240. The lowest BCUT2D eigenvalue weighted by atomic mass is 9.88. The minimum Gasteiger partial charge on any atom is -0.497 e. The summed E-state index contributed by atoms with van der Waals surface area (Å²) in [6, 6.07) is 28.3. The van der Waals surface area contributed by atoms with Crippen molar-refractivity contribution in [1.82, 2.24) is 5.32 Å². The van der Waals surface area contributed by atoms with Gasteiger partial charge in [-0.2, -0.15) is 0 Å². The highest BCUT2D eigenvalue weighted by Gasteiger charge is 2.20. The van der Waals surface area contributed by atoms with Crippen LogP contribution in [-0.2, 0) is 4.79 Å². The summed E-state index contributed by atoms with van der Waals surface area (Å²) >= 11 is 0. The average molecular weight is 373 g/mol. The summed E-state index contributed by atoms with van der Waals surface area (Å²) in [6.45, 7) is 2.08. The van der Waals surface area contributed by atoms with Gasteiger partial charge in [0.25, 0.3) is 0 Å². The van der Waals surface area contributed by atoms with Crippen LogP contribution in [0.25, 0.3) is 0 Å². The molecule has 3 nitrogen and oxygen atoms in total. The van der Waals surface area contributed by atoms with Crippen LogP contribution < -0.4 is 10.1 Å². The Hall–Kier alpha value is -3.07. The number of benzene rings is 3. The van der Waals surface area contributed by atoms with E-state index in [2.05, 4.69) is 36.5 Å². The van der Waals surface area contributed by atoms with Crippen molar-refractivity contribution < 1.29 is 9.53 Å². The molecule has 0 spiro atoms. The number of nitrogens with one attached hydrogen (secondary N) is 1. The van der Waals surface area contributed by atoms with Gasteiger partial charge < -0.3 is 10.1 Å². The van der Waals surface area contributed by atoms with Crippen LogP contribution in [0.3, 0.4) is 0 Å². The lowest BCUT2D eigenvalue weighted by Gasteiger charge is -2.22. The number of hydrogen-bond acceptors (Lipinski definition) is 2. The molecule has 0 aliphatic rings. The third-order valence-corrected chi connectivity index (χ3v) is 5.06. The van der Waals surface area contributed by atoms with Gasteiger partial charge in [-0.3, -0.25) is 4.79 Å². The third-order valence-electron chi connectivity index (χ3n) is 5.06. The number of carbonyl (C=O) groups is 1. The molecule has 0 unspecified atom stereocenters. The molecule has 3 aromatic rings. The number of ether oxygens (including phenoxy) is 1. The Kier molecular flexibility index (Phi) is 6.85. The molecule has 1 amide bonds. The zero-order valence-electron chi connectivity index (χ0n) is 16.5. The van der Waals surface area contributed by atoms with Gasteiger partial charge in [-0.25, -0.2) is 0 Å². The van der Waals surface area contributed by atoms with Crippen molar-refractivity contribution in [2.24, 2.45) is 0 Å². The van der Waals surface area contributed by atoms with Crippen molar-refractivity contribution >= 4 is 5.91 Å². The van der Waals surface area contributed by atoms with Gasteiger partial charge in [0.15, 0.2) is 0 Å². The van der Waals surface area contributed by atoms with Crippen molar-refractivity contribution in [3.8, 4) is 5.75 Å². The van der Waals surface area contributed by atoms with Crippen LogP contribution in [0.4, 0.5) is 0 Å². The summed E-state index contributed by atoms with van der Waals surface area (Å²) in [5.74, 6) is 0.911. The van der Waals surface area contributed by atoms with Crippen molar-refractivity contribution in [3.05, 3.63) is 102 Å². The molecule has 0 heterocycles. The molecular weight excluding hydrogens is 346 g/mol. The van der Waals surface area contributed by atoms with Crippen LogP contribution in [0.5, 0.6) is 5.75 Å². The predicted octanol–water partition coefficient (Wildman–Crippen LogP) is 5.48. The number of hydrogen-bond donors (Lipinski definition) is 1. The molecule has 0 saturated heterocycles. The second kappa shape index (κ2) is 9.75. The second-order valence-corrected chi connectivity index (χ2v) is 6.88. The second-order valence-electron chi connectivity index (χ2n) is 6.88. The summed E-state index contributed by atoms with van der Waals surface area (Å²) < 4.78 is 5.23. The predicted molar refractivity (Wildman–Crippen MR) is 114 cm³/mol. The van der Waals surface area contributed by atoms with Gasteiger partial charge in [0.2, 0.25) is 5.91 Å². The van der Waals surface area contributed by atoms with E-state index in [-0.39, 0.29) is 17.9 Å². The van der Waals surface area contributed by atoms with E-state index in [0.717, 1.165) is 28.9 Å². The maximum absolute atomic E-state index is 12.9. The minimum absolute atomic E-state index is 0.00870. The van der Waals surface area contributed by atoms with Crippen LogP contribution in [0, 0.1) is 0 Å². The van der Waals surface area contributed by atoms with Gasteiger partial charge in [-0.15, -0.1) is 0 Å². The number of amides is 1. The first-order valence-electron chi connectivity index (χ1n) is 9.74. The van der Waals surface area contributed by atoms with Crippen LogP contribution in [0.1, 0.15) is 48.4 Å².